The molecular weight excluding hydrogens is 226 g/mol. The Morgan fingerprint density at radius 3 is 2.65 bits per heavy atom. The van der Waals surface area contributed by atoms with Crippen molar-refractivity contribution < 1.29 is 19.2 Å². The standard InChI is InChI=1S/C10H15N3O4/c1-6(2)13(5-9(11)14)4-7-3-8(10(15)16)12-17-7/h3,6H,4-5H2,1-2H3,(H2,11,14)(H,15,16). The van der Waals surface area contributed by atoms with Crippen LogP contribution in [0.2, 0.25) is 0 Å². The van der Waals surface area contributed by atoms with E-state index in [9.17, 15) is 9.59 Å². The molecule has 0 saturated carbocycles. The summed E-state index contributed by atoms with van der Waals surface area (Å²) in [7, 11) is 0. The first-order valence-electron chi connectivity index (χ1n) is 5.11. The van der Waals surface area contributed by atoms with Gasteiger partial charge >= 0.3 is 5.97 Å². The minimum atomic E-state index is -1.15. The number of carbonyl (C=O) groups is 2. The number of carbonyl (C=O) groups excluding carboxylic acids is 1. The highest BCUT2D eigenvalue weighted by Crippen LogP contribution is 2.09. The summed E-state index contributed by atoms with van der Waals surface area (Å²) in [4.78, 5) is 23.2. The van der Waals surface area contributed by atoms with Crippen LogP contribution in [0, 0.1) is 0 Å². The zero-order chi connectivity index (χ0) is 13.0. The van der Waals surface area contributed by atoms with E-state index in [1.54, 1.807) is 4.90 Å². The van der Waals surface area contributed by atoms with Crippen molar-refractivity contribution in [2.24, 2.45) is 5.73 Å². The van der Waals surface area contributed by atoms with Gasteiger partial charge in [-0.2, -0.15) is 0 Å². The van der Waals surface area contributed by atoms with Crippen molar-refractivity contribution in [1.29, 1.82) is 0 Å². The molecule has 0 aliphatic carbocycles. The molecule has 3 N–H and O–H groups in total. The van der Waals surface area contributed by atoms with E-state index in [1.165, 1.54) is 6.07 Å². The number of hydrogen-bond acceptors (Lipinski definition) is 5. The molecule has 0 atom stereocenters. The number of carboxylic acid groups (broad SMARTS) is 1. The lowest BCUT2D eigenvalue weighted by molar-refractivity contribution is -0.119. The number of aromatic carboxylic acids is 1. The molecule has 0 spiro atoms. The first kappa shape index (κ1) is 13.2. The average molecular weight is 241 g/mol. The molecule has 94 valence electrons. The summed E-state index contributed by atoms with van der Waals surface area (Å²) in [6.07, 6.45) is 0. The number of primary amides is 1. The molecule has 1 amide bonds. The minimum absolute atomic E-state index is 0.0841. The van der Waals surface area contributed by atoms with Crippen molar-refractivity contribution in [3.05, 3.63) is 17.5 Å². The van der Waals surface area contributed by atoms with Crippen molar-refractivity contribution in [3.8, 4) is 0 Å². The van der Waals surface area contributed by atoms with Gasteiger partial charge in [0.1, 0.15) is 0 Å². The molecule has 7 nitrogen and oxygen atoms in total. The van der Waals surface area contributed by atoms with Gasteiger partial charge in [-0.15, -0.1) is 0 Å². The highest BCUT2D eigenvalue weighted by Gasteiger charge is 2.17. The third-order valence-corrected chi connectivity index (χ3v) is 2.23. The van der Waals surface area contributed by atoms with Gasteiger partial charge in [0.15, 0.2) is 11.5 Å². The molecular formula is C10H15N3O4. The molecule has 0 aliphatic heterocycles. The van der Waals surface area contributed by atoms with Crippen LogP contribution in [0.3, 0.4) is 0 Å². The predicted molar refractivity (Wildman–Crippen MR) is 58.2 cm³/mol. The molecule has 0 aromatic carbocycles. The highest BCUT2D eigenvalue weighted by atomic mass is 16.5. The molecule has 1 heterocycles. The maximum Gasteiger partial charge on any atom is 0.358 e. The molecule has 17 heavy (non-hydrogen) atoms. The van der Waals surface area contributed by atoms with Gasteiger partial charge in [-0.05, 0) is 13.8 Å². The van der Waals surface area contributed by atoms with Crippen LogP contribution in [0.1, 0.15) is 30.1 Å². The van der Waals surface area contributed by atoms with Gasteiger partial charge in [-0.3, -0.25) is 9.69 Å². The van der Waals surface area contributed by atoms with E-state index < -0.39 is 11.9 Å². The Kier molecular flexibility index (Phi) is 4.22. The number of amides is 1. The Labute approximate surface area is 98.2 Å². The summed E-state index contributed by atoms with van der Waals surface area (Å²) >= 11 is 0. The molecule has 0 radical (unpaired) electrons. The SMILES string of the molecule is CC(C)N(CC(N)=O)Cc1cc(C(=O)O)no1. The van der Waals surface area contributed by atoms with E-state index in [2.05, 4.69) is 5.16 Å². The van der Waals surface area contributed by atoms with Gasteiger partial charge in [0.05, 0.1) is 13.1 Å². The van der Waals surface area contributed by atoms with Gasteiger partial charge in [-0.25, -0.2) is 4.79 Å². The minimum Gasteiger partial charge on any atom is -0.476 e. The van der Waals surface area contributed by atoms with Crippen molar-refractivity contribution >= 4 is 11.9 Å². The zero-order valence-electron chi connectivity index (χ0n) is 9.71. The van der Waals surface area contributed by atoms with E-state index in [1.807, 2.05) is 13.8 Å². The van der Waals surface area contributed by atoms with Gasteiger partial charge in [0, 0.05) is 12.1 Å². The van der Waals surface area contributed by atoms with Crippen LogP contribution in [0.15, 0.2) is 10.6 Å². The van der Waals surface area contributed by atoms with Crippen molar-refractivity contribution in [3.63, 3.8) is 0 Å². The summed E-state index contributed by atoms with van der Waals surface area (Å²) in [6.45, 7) is 4.18. The van der Waals surface area contributed by atoms with Crippen LogP contribution >= 0.6 is 0 Å². The van der Waals surface area contributed by atoms with Gasteiger partial charge in [0.2, 0.25) is 5.91 Å². The summed E-state index contributed by atoms with van der Waals surface area (Å²) in [5.74, 6) is -1.21. The zero-order valence-corrected chi connectivity index (χ0v) is 9.71. The lowest BCUT2D eigenvalue weighted by atomic mass is 10.2. The largest absolute Gasteiger partial charge is 0.476 e. The summed E-state index contributed by atoms with van der Waals surface area (Å²) in [5, 5.41) is 12.1. The van der Waals surface area contributed by atoms with Gasteiger partial charge in [-0.1, -0.05) is 5.16 Å². The second kappa shape index (κ2) is 5.44. The molecule has 0 fully saturated rings. The van der Waals surface area contributed by atoms with Crippen molar-refractivity contribution in [2.45, 2.75) is 26.4 Å². The molecule has 1 aromatic heterocycles. The first-order valence-corrected chi connectivity index (χ1v) is 5.11. The van der Waals surface area contributed by atoms with Crippen LogP contribution in [-0.4, -0.2) is 39.6 Å². The van der Waals surface area contributed by atoms with Crippen molar-refractivity contribution in [1.82, 2.24) is 10.1 Å². The number of rotatable bonds is 6. The molecule has 0 aliphatic rings. The van der Waals surface area contributed by atoms with Crippen LogP contribution in [-0.2, 0) is 11.3 Å². The van der Waals surface area contributed by atoms with E-state index in [0.717, 1.165) is 0 Å². The Morgan fingerprint density at radius 2 is 2.24 bits per heavy atom. The van der Waals surface area contributed by atoms with Crippen LogP contribution in [0.4, 0.5) is 0 Å². The average Bonchev–Trinajstić information content (AvgIpc) is 2.64. The topological polar surface area (TPSA) is 110 Å². The molecule has 0 saturated heterocycles. The maximum atomic E-state index is 10.9. The van der Waals surface area contributed by atoms with Crippen LogP contribution in [0.5, 0.6) is 0 Å². The van der Waals surface area contributed by atoms with Gasteiger partial charge in [0.25, 0.3) is 0 Å². The lowest BCUT2D eigenvalue weighted by Crippen LogP contribution is -2.37. The number of nitrogens with zero attached hydrogens (tertiary/aromatic N) is 2. The van der Waals surface area contributed by atoms with Gasteiger partial charge < -0.3 is 15.4 Å². The van der Waals surface area contributed by atoms with E-state index in [4.69, 9.17) is 15.4 Å². The van der Waals surface area contributed by atoms with Crippen LogP contribution in [0.25, 0.3) is 0 Å². The quantitative estimate of drug-likeness (QED) is 0.729. The van der Waals surface area contributed by atoms with E-state index in [0.29, 0.717) is 12.3 Å². The Bertz CT molecular complexity index is 413. The number of nitrogens with two attached hydrogens (primary N) is 1. The van der Waals surface area contributed by atoms with Crippen LogP contribution < -0.4 is 5.73 Å². The first-order chi connectivity index (χ1) is 7.90. The third kappa shape index (κ3) is 3.87. The summed E-state index contributed by atoms with van der Waals surface area (Å²) in [6, 6.07) is 1.42. The fourth-order valence-corrected chi connectivity index (χ4v) is 1.31. The Morgan fingerprint density at radius 1 is 1.59 bits per heavy atom. The lowest BCUT2D eigenvalue weighted by Gasteiger charge is -2.23. The normalized spacial score (nSPS) is 11.1. The fourth-order valence-electron chi connectivity index (χ4n) is 1.31. The summed E-state index contributed by atoms with van der Waals surface area (Å²) < 4.78 is 4.86. The monoisotopic (exact) mass is 241 g/mol. The molecule has 0 bridgehead atoms. The predicted octanol–water partition coefficient (Wildman–Crippen LogP) is 0.0685. The second-order valence-corrected chi connectivity index (χ2v) is 3.95. The molecule has 0 unspecified atom stereocenters. The number of carboxylic acids is 1. The maximum absolute atomic E-state index is 10.9. The smallest absolute Gasteiger partial charge is 0.358 e. The fraction of sp³-hybridized carbons (Fsp3) is 0.500. The van der Waals surface area contributed by atoms with E-state index >= 15 is 0 Å². The summed E-state index contributed by atoms with van der Waals surface area (Å²) in [5.41, 5.74) is 4.97. The molecule has 1 aromatic rings. The second-order valence-electron chi connectivity index (χ2n) is 3.95. The third-order valence-electron chi connectivity index (χ3n) is 2.23. The Balaban J connectivity index is 2.71. The number of aromatic nitrogens is 1. The Hall–Kier alpha value is -1.89. The van der Waals surface area contributed by atoms with Crippen molar-refractivity contribution in [2.75, 3.05) is 6.54 Å². The molecule has 1 rings (SSSR count). The highest BCUT2D eigenvalue weighted by molar-refractivity contribution is 5.85. The van der Waals surface area contributed by atoms with E-state index in [-0.39, 0.29) is 18.3 Å². The number of hydrogen-bond donors (Lipinski definition) is 2. The molecule has 7 heteroatoms.